The fraction of sp³-hybridized carbons (Fsp3) is 0.267. The molecule has 0 atom stereocenters. The van der Waals surface area contributed by atoms with Gasteiger partial charge in [0.25, 0.3) is 0 Å². The topological polar surface area (TPSA) is 89.4 Å². The van der Waals surface area contributed by atoms with Crippen LogP contribution in [0.25, 0.3) is 0 Å². The Morgan fingerprint density at radius 3 is 0.592 bits per heavy atom. The molecule has 4 aromatic heterocycles. The standard InChI is InChI=1S/C60H56N4O8.4BrH/c1-37-41-25-43-38(2)45-27-47-40(4)48-28-46-39(3)44-26-42(37)54-50(30-62-19-11-6-12-20-62)56(44)68-35-70-58(46)52(32-64-23-15-8-16-24-64)60(48)72-36-71-59(47)51(31-63-21-13-7-14-22-63)57(45)69-34-67-55(43)49(53(41)65-33-66-54)29-61-17-9-5-10-18-61;;;;/h5-28,37-40H,29-36H2,1-4H3;4*1H/q+4;;;;/p-4. The fourth-order valence-electron chi connectivity index (χ4n) is 11.7. The third-order valence-corrected chi connectivity index (χ3v) is 15.4. The Morgan fingerprint density at radius 2 is 0.434 bits per heavy atom. The van der Waals surface area contributed by atoms with Gasteiger partial charge in [0, 0.05) is 117 Å². The summed E-state index contributed by atoms with van der Waals surface area (Å²) in [5.41, 5.74) is 12.1. The van der Waals surface area contributed by atoms with Gasteiger partial charge in [-0.15, -0.1) is 0 Å². The summed E-state index contributed by atoms with van der Waals surface area (Å²) in [6.07, 6.45) is 16.6. The first-order chi connectivity index (χ1) is 35.4. The van der Waals surface area contributed by atoms with E-state index in [1.807, 2.05) is 72.8 Å². The van der Waals surface area contributed by atoms with Crippen LogP contribution in [0.2, 0.25) is 0 Å². The first-order valence-electron chi connectivity index (χ1n) is 24.9. The zero-order valence-corrected chi connectivity index (χ0v) is 48.7. The van der Waals surface area contributed by atoms with Crippen molar-refractivity contribution in [3.05, 3.63) is 213 Å². The van der Waals surface area contributed by atoms with E-state index in [-0.39, 0.29) is 119 Å². The second-order valence-corrected chi connectivity index (χ2v) is 19.5. The van der Waals surface area contributed by atoms with Crippen LogP contribution in [0.4, 0.5) is 0 Å². The fourth-order valence-corrected chi connectivity index (χ4v) is 11.7. The minimum Gasteiger partial charge on any atom is -1.00 e. The molecule has 0 radical (unpaired) electrons. The normalized spacial score (nSPS) is 17.6. The molecule has 0 N–H and O–H groups in total. The monoisotopic (exact) mass is 1280 g/mol. The minimum absolute atomic E-state index is 0. The Morgan fingerprint density at radius 1 is 0.276 bits per heavy atom. The van der Waals surface area contributed by atoms with Gasteiger partial charge >= 0.3 is 0 Å². The highest BCUT2D eigenvalue weighted by molar-refractivity contribution is 5.69. The average molecular weight is 1280 g/mol. The summed E-state index contributed by atoms with van der Waals surface area (Å²) in [6, 6.07) is 33.8. The van der Waals surface area contributed by atoms with Gasteiger partial charge in [0.05, 0.1) is 0 Å². The molecule has 8 heterocycles. The van der Waals surface area contributed by atoms with Gasteiger partial charge in [-0.3, -0.25) is 0 Å². The van der Waals surface area contributed by atoms with Crippen LogP contribution in [0.15, 0.2) is 147 Å². The molecule has 5 aliphatic rings. The lowest BCUT2D eigenvalue weighted by atomic mass is 9.78. The van der Waals surface area contributed by atoms with Gasteiger partial charge in [0.2, 0.25) is 27.2 Å². The molecule has 76 heavy (non-hydrogen) atoms. The molecule has 4 aliphatic heterocycles. The van der Waals surface area contributed by atoms with E-state index in [4.69, 9.17) is 37.9 Å². The molecule has 0 fully saturated rings. The molecule has 0 unspecified atom stereocenters. The van der Waals surface area contributed by atoms with E-state index in [0.29, 0.717) is 26.2 Å². The Hall–Kier alpha value is -6.20. The number of pyridine rings is 4. The second kappa shape index (κ2) is 22.8. The Balaban J connectivity index is 0.00000176. The molecule has 0 saturated carbocycles. The number of aromatic nitrogens is 4. The van der Waals surface area contributed by atoms with Crippen molar-refractivity contribution in [1.82, 2.24) is 0 Å². The first-order valence-corrected chi connectivity index (χ1v) is 24.9. The van der Waals surface area contributed by atoms with Crippen molar-refractivity contribution >= 4 is 0 Å². The van der Waals surface area contributed by atoms with Crippen molar-refractivity contribution in [2.24, 2.45) is 0 Å². The second-order valence-electron chi connectivity index (χ2n) is 19.5. The third kappa shape index (κ3) is 9.57. The molecule has 16 heteroatoms. The zero-order chi connectivity index (χ0) is 48.5. The molecule has 1 aliphatic carbocycles. The summed E-state index contributed by atoms with van der Waals surface area (Å²) in [5, 5.41) is 0. The highest BCUT2D eigenvalue weighted by Crippen LogP contribution is 2.56. The molecule has 0 saturated heterocycles. The van der Waals surface area contributed by atoms with Crippen molar-refractivity contribution in [2.75, 3.05) is 27.2 Å². The van der Waals surface area contributed by atoms with Crippen molar-refractivity contribution < 1.29 is 124 Å². The summed E-state index contributed by atoms with van der Waals surface area (Å²) in [5.74, 6) is 5.11. The quantitative estimate of drug-likeness (QED) is 0.148. The number of hydrogen-bond donors (Lipinski definition) is 0. The van der Waals surface area contributed by atoms with E-state index >= 15 is 0 Å². The van der Waals surface area contributed by atoms with Crippen LogP contribution in [-0.4, -0.2) is 27.2 Å². The van der Waals surface area contributed by atoms with Gasteiger partial charge in [-0.1, -0.05) is 52.0 Å². The molecule has 0 amide bonds. The zero-order valence-electron chi connectivity index (χ0n) is 42.4. The molecule has 4 aromatic carbocycles. The number of hydrogen-bond acceptors (Lipinski definition) is 8. The van der Waals surface area contributed by atoms with Gasteiger partial charge in [0.1, 0.15) is 68.2 Å². The SMILES string of the molecule is CC1c2cc3c4c(C[n+]5ccccc5)c2OCOc2c1cc1c(c2C[n+]2ccccc2)OCOc2c(cc5c(c2C[n+]2ccccc2)OCOc2c(cc(c(c2C[n+]2ccccc2)OCO4)C3C)C5C)C1C.[Br-].[Br-].[Br-].[Br-]. The number of rotatable bonds is 8. The van der Waals surface area contributed by atoms with Crippen LogP contribution in [0, 0.1) is 0 Å². The van der Waals surface area contributed by atoms with Crippen LogP contribution >= 0.6 is 0 Å². The lowest BCUT2D eigenvalue weighted by Gasteiger charge is -2.35. The van der Waals surface area contributed by atoms with E-state index in [2.05, 4.69) is 120 Å². The predicted octanol–water partition coefficient (Wildman–Crippen LogP) is -3.12. The predicted molar refractivity (Wildman–Crippen MR) is 263 cm³/mol. The van der Waals surface area contributed by atoms with E-state index in [1.165, 1.54) is 0 Å². The molecular formula is C60H56Br4N4O8. The van der Waals surface area contributed by atoms with E-state index in [1.54, 1.807) is 0 Å². The summed E-state index contributed by atoms with van der Waals surface area (Å²) in [4.78, 5) is 0. The molecule has 8 aromatic rings. The highest BCUT2D eigenvalue weighted by Gasteiger charge is 2.41. The first kappa shape index (κ1) is 54.6. The smallest absolute Gasteiger partial charge is 0.230 e. The molecule has 12 nitrogen and oxygen atoms in total. The number of halogens is 4. The van der Waals surface area contributed by atoms with Crippen LogP contribution in [0.1, 0.15) is 118 Å². The summed E-state index contributed by atoms with van der Waals surface area (Å²) >= 11 is 0. The van der Waals surface area contributed by atoms with Crippen molar-refractivity contribution in [3.63, 3.8) is 0 Å². The highest BCUT2D eigenvalue weighted by atomic mass is 79.9. The minimum atomic E-state index is -0.210. The summed E-state index contributed by atoms with van der Waals surface area (Å²) in [6.45, 7) is 10.9. The van der Waals surface area contributed by atoms with Crippen LogP contribution in [0.3, 0.4) is 0 Å². The Labute approximate surface area is 484 Å². The van der Waals surface area contributed by atoms with Crippen molar-refractivity contribution in [3.8, 4) is 46.0 Å². The Kier molecular flexibility index (Phi) is 16.4. The van der Waals surface area contributed by atoms with Gasteiger partial charge in [-0.2, -0.15) is 0 Å². The van der Waals surface area contributed by atoms with Crippen molar-refractivity contribution in [2.45, 2.75) is 77.5 Å². The van der Waals surface area contributed by atoms with Crippen molar-refractivity contribution in [1.29, 1.82) is 0 Å². The lowest BCUT2D eigenvalue weighted by molar-refractivity contribution is -0.688. The van der Waals surface area contributed by atoms with Crippen LogP contribution in [0.5, 0.6) is 46.0 Å². The molecule has 392 valence electrons. The maximum Gasteiger partial charge on any atom is 0.230 e. The average Bonchev–Trinajstić information content (AvgIpc) is 3.39. The number of benzene rings is 4. The number of nitrogens with zero attached hydrogens (tertiary/aromatic N) is 4. The van der Waals surface area contributed by atoms with E-state index in [9.17, 15) is 0 Å². The molecule has 8 bridgehead atoms. The lowest BCUT2D eigenvalue weighted by Crippen LogP contribution is -3.00. The Bertz CT molecular complexity index is 2840. The van der Waals surface area contributed by atoms with Crippen LogP contribution in [-0.2, 0) is 26.2 Å². The molecule has 0 spiro atoms. The van der Waals surface area contributed by atoms with Crippen LogP contribution < -0.4 is 124 Å². The maximum atomic E-state index is 6.94. The van der Waals surface area contributed by atoms with Gasteiger partial charge in [-0.05, 0) is 24.3 Å². The largest absolute Gasteiger partial charge is 1.00 e. The molecular weight excluding hydrogens is 1220 g/mol. The summed E-state index contributed by atoms with van der Waals surface area (Å²) < 4.78 is 64.2. The summed E-state index contributed by atoms with van der Waals surface area (Å²) in [7, 11) is 0. The van der Waals surface area contributed by atoms with E-state index in [0.717, 1.165) is 113 Å². The van der Waals surface area contributed by atoms with Gasteiger partial charge in [0.15, 0.2) is 75.8 Å². The van der Waals surface area contributed by atoms with Gasteiger partial charge in [-0.25, -0.2) is 18.3 Å². The maximum absolute atomic E-state index is 6.94. The van der Waals surface area contributed by atoms with Gasteiger partial charge < -0.3 is 106 Å². The number of ether oxygens (including phenoxy) is 8. The van der Waals surface area contributed by atoms with E-state index < -0.39 is 0 Å². The molecule has 13 rings (SSSR count). The third-order valence-electron chi connectivity index (χ3n) is 15.4.